The molecule has 0 aliphatic carbocycles. The van der Waals surface area contributed by atoms with Gasteiger partial charge >= 0.3 is 5.91 Å². The number of hydrazone groups is 1. The summed E-state index contributed by atoms with van der Waals surface area (Å²) in [6, 6.07) is 24.9. The van der Waals surface area contributed by atoms with Crippen LogP contribution in [0.2, 0.25) is 0 Å². The fourth-order valence-corrected chi connectivity index (χ4v) is 3.50. The average Bonchev–Trinajstić information content (AvgIpc) is 3.09. The summed E-state index contributed by atoms with van der Waals surface area (Å²) in [6.07, 6.45) is 1.86. The molecule has 0 aromatic heterocycles. The van der Waals surface area contributed by atoms with E-state index in [9.17, 15) is 9.59 Å². The third-order valence-electron chi connectivity index (χ3n) is 5.00. The molecule has 2 N–H and O–H groups in total. The molecule has 6 nitrogen and oxygen atoms in total. The molecule has 2 atom stereocenters. The predicted octanol–water partition coefficient (Wildman–Crippen LogP) is 2.71. The van der Waals surface area contributed by atoms with Crippen LogP contribution in [0.5, 0.6) is 5.75 Å². The maximum absolute atomic E-state index is 12.8. The standard InChI is InChI=1S/C24H21N3O3/c1-30-20-14-12-18(13-15-20)22-21(25-23(28)19-10-6-3-7-11-19)24(29)26-27(22)16-17-8-4-2-5-9-17/h2-16,21-22H,1H3,(H-,25,26,28,29)/p+1/b27-16-/t21-,22+/m0/s1. The Hall–Kier alpha value is -3.93. The Balaban J connectivity index is 1.70. The summed E-state index contributed by atoms with van der Waals surface area (Å²) in [4.78, 5) is 25.6. The zero-order chi connectivity index (χ0) is 20.9. The van der Waals surface area contributed by atoms with E-state index in [0.29, 0.717) is 5.56 Å². The number of rotatable bonds is 5. The minimum absolute atomic E-state index is 0.271. The van der Waals surface area contributed by atoms with E-state index >= 15 is 0 Å². The van der Waals surface area contributed by atoms with Crippen molar-refractivity contribution in [3.8, 4) is 5.75 Å². The number of hydrazine groups is 1. The molecule has 1 aliphatic heterocycles. The monoisotopic (exact) mass is 400 g/mol. The lowest BCUT2D eigenvalue weighted by atomic mass is 9.99. The first-order valence-electron chi connectivity index (χ1n) is 9.64. The third kappa shape index (κ3) is 4.07. The second kappa shape index (κ2) is 8.61. The van der Waals surface area contributed by atoms with Gasteiger partial charge in [-0.3, -0.25) is 9.59 Å². The molecule has 0 radical (unpaired) electrons. The van der Waals surface area contributed by atoms with Gasteiger partial charge in [-0.15, -0.1) is 10.1 Å². The molecule has 1 heterocycles. The molecule has 3 aromatic rings. The van der Waals surface area contributed by atoms with E-state index in [1.165, 1.54) is 0 Å². The number of methoxy groups -OCH3 is 1. The Morgan fingerprint density at radius 2 is 1.60 bits per heavy atom. The molecule has 1 fully saturated rings. The molecule has 4 rings (SSSR count). The van der Waals surface area contributed by atoms with Crippen molar-refractivity contribution in [3.05, 3.63) is 102 Å². The summed E-state index contributed by atoms with van der Waals surface area (Å²) in [6.45, 7) is 0. The molecule has 6 heteroatoms. The first-order chi connectivity index (χ1) is 14.7. The first-order valence-corrected chi connectivity index (χ1v) is 9.64. The van der Waals surface area contributed by atoms with Crippen LogP contribution in [0.1, 0.15) is 27.5 Å². The number of ether oxygens (including phenoxy) is 1. The van der Waals surface area contributed by atoms with Crippen LogP contribution in [-0.2, 0) is 4.79 Å². The Kier molecular flexibility index (Phi) is 5.57. The molecule has 0 saturated carbocycles. The van der Waals surface area contributed by atoms with E-state index in [0.717, 1.165) is 16.9 Å². The summed E-state index contributed by atoms with van der Waals surface area (Å²) in [7, 11) is 1.61. The van der Waals surface area contributed by atoms with Gasteiger partial charge in [-0.2, -0.15) is 0 Å². The van der Waals surface area contributed by atoms with Gasteiger partial charge < -0.3 is 10.1 Å². The molecule has 2 amide bonds. The van der Waals surface area contributed by atoms with Crippen LogP contribution >= 0.6 is 0 Å². The molecule has 150 valence electrons. The molecule has 0 bridgehead atoms. The number of hydrogen-bond donors (Lipinski definition) is 2. The number of carbonyl (C=O) groups excluding carboxylic acids is 2. The van der Waals surface area contributed by atoms with E-state index in [-0.39, 0.29) is 11.8 Å². The van der Waals surface area contributed by atoms with Gasteiger partial charge in [-0.1, -0.05) is 36.4 Å². The molecule has 1 aliphatic rings. The molecule has 0 spiro atoms. The number of nitrogens with one attached hydrogen (secondary N) is 2. The van der Waals surface area contributed by atoms with Crippen LogP contribution in [0, 0.1) is 0 Å². The van der Waals surface area contributed by atoms with Gasteiger partial charge in [0.05, 0.1) is 7.11 Å². The smallest absolute Gasteiger partial charge is 0.304 e. The Morgan fingerprint density at radius 1 is 0.967 bits per heavy atom. The number of carbonyl (C=O) groups is 2. The van der Waals surface area contributed by atoms with Gasteiger partial charge in [0, 0.05) is 16.7 Å². The van der Waals surface area contributed by atoms with E-state index in [2.05, 4.69) is 10.7 Å². The van der Waals surface area contributed by atoms with Crippen LogP contribution in [0.25, 0.3) is 0 Å². The van der Waals surface area contributed by atoms with E-state index < -0.39 is 12.1 Å². The van der Waals surface area contributed by atoms with Crippen molar-refractivity contribution in [3.63, 3.8) is 0 Å². The second-order valence-electron chi connectivity index (χ2n) is 6.96. The Labute approximate surface area is 174 Å². The van der Waals surface area contributed by atoms with Crippen molar-refractivity contribution in [2.75, 3.05) is 7.11 Å². The fourth-order valence-electron chi connectivity index (χ4n) is 3.50. The largest absolute Gasteiger partial charge is 0.497 e. The van der Waals surface area contributed by atoms with Crippen molar-refractivity contribution in [1.29, 1.82) is 0 Å². The minimum Gasteiger partial charge on any atom is -0.497 e. The lowest BCUT2D eigenvalue weighted by molar-refractivity contribution is -0.596. The summed E-state index contributed by atoms with van der Waals surface area (Å²) in [5.41, 5.74) is 5.19. The zero-order valence-electron chi connectivity index (χ0n) is 16.5. The third-order valence-corrected chi connectivity index (χ3v) is 5.00. The molecule has 30 heavy (non-hydrogen) atoms. The molecule has 3 aromatic carbocycles. The van der Waals surface area contributed by atoms with Crippen LogP contribution < -0.4 is 15.5 Å². The highest BCUT2D eigenvalue weighted by Crippen LogP contribution is 2.27. The summed E-state index contributed by atoms with van der Waals surface area (Å²) < 4.78 is 7.00. The highest BCUT2D eigenvalue weighted by molar-refractivity contribution is 5.98. The normalized spacial score (nSPS) is 19.4. The summed E-state index contributed by atoms with van der Waals surface area (Å²) in [5, 5.41) is 2.89. The van der Waals surface area contributed by atoms with E-state index in [1.807, 2.05) is 66.9 Å². The lowest BCUT2D eigenvalue weighted by Gasteiger charge is -2.15. The van der Waals surface area contributed by atoms with Gasteiger partial charge in [-0.25, -0.2) is 0 Å². The zero-order valence-corrected chi connectivity index (χ0v) is 16.5. The Morgan fingerprint density at radius 3 is 2.23 bits per heavy atom. The predicted molar refractivity (Wildman–Crippen MR) is 113 cm³/mol. The summed E-state index contributed by atoms with van der Waals surface area (Å²) in [5.74, 6) is 0.155. The maximum Gasteiger partial charge on any atom is 0.304 e. The fraction of sp³-hybridized carbons (Fsp3) is 0.125. The van der Waals surface area contributed by atoms with Gasteiger partial charge in [0.15, 0.2) is 6.04 Å². The van der Waals surface area contributed by atoms with Crippen LogP contribution in [0.3, 0.4) is 0 Å². The highest BCUT2D eigenvalue weighted by atomic mass is 16.5. The second-order valence-corrected chi connectivity index (χ2v) is 6.96. The lowest BCUT2D eigenvalue weighted by Crippen LogP contribution is -2.42. The SMILES string of the molecule is COc1ccc([C@@H]2[C@H](NC(=O)c3ccccc3)C(=O)N/[N+]2=C\c2ccccc2)cc1. The minimum atomic E-state index is -0.758. The molecular weight excluding hydrogens is 378 g/mol. The van der Waals surface area contributed by atoms with E-state index in [4.69, 9.17) is 4.74 Å². The van der Waals surface area contributed by atoms with Crippen LogP contribution in [-0.4, -0.2) is 35.9 Å². The van der Waals surface area contributed by atoms with Gasteiger partial charge in [0.2, 0.25) is 12.3 Å². The van der Waals surface area contributed by atoms with Crippen molar-refractivity contribution >= 4 is 18.0 Å². The van der Waals surface area contributed by atoms with Crippen molar-refractivity contribution in [2.45, 2.75) is 12.1 Å². The van der Waals surface area contributed by atoms with E-state index in [1.54, 1.807) is 36.1 Å². The maximum atomic E-state index is 12.8. The summed E-state index contributed by atoms with van der Waals surface area (Å²) >= 11 is 0. The van der Waals surface area contributed by atoms with Crippen LogP contribution in [0.4, 0.5) is 0 Å². The first kappa shape index (κ1) is 19.4. The number of benzene rings is 3. The molecule has 1 saturated heterocycles. The Bertz CT molecular complexity index is 1060. The van der Waals surface area contributed by atoms with Crippen molar-refractivity contribution in [1.82, 2.24) is 10.7 Å². The average molecular weight is 400 g/mol. The highest BCUT2D eigenvalue weighted by Gasteiger charge is 2.47. The molecular formula is C24H22N3O3+. The number of hydrogen-bond acceptors (Lipinski definition) is 3. The number of nitrogens with zero attached hydrogens (tertiary/aromatic N) is 1. The number of amides is 2. The topological polar surface area (TPSA) is 70.4 Å². The van der Waals surface area contributed by atoms with Crippen LogP contribution in [0.15, 0.2) is 84.9 Å². The van der Waals surface area contributed by atoms with Gasteiger partial charge in [-0.05, 0) is 48.5 Å². The quantitative estimate of drug-likeness (QED) is 0.647. The van der Waals surface area contributed by atoms with Gasteiger partial charge in [0.1, 0.15) is 5.75 Å². The van der Waals surface area contributed by atoms with Crippen molar-refractivity contribution < 1.29 is 19.0 Å². The van der Waals surface area contributed by atoms with Gasteiger partial charge in [0.25, 0.3) is 5.91 Å². The van der Waals surface area contributed by atoms with Crippen molar-refractivity contribution in [2.24, 2.45) is 0 Å². The molecule has 0 unspecified atom stereocenters.